The van der Waals surface area contributed by atoms with Crippen LogP contribution in [0.25, 0.3) is 0 Å². The topological polar surface area (TPSA) is 69.7 Å². The average Bonchev–Trinajstić information content (AvgIpc) is 2.19. The van der Waals surface area contributed by atoms with Crippen molar-refractivity contribution in [1.29, 1.82) is 10.5 Å². The highest BCUT2D eigenvalue weighted by Gasteiger charge is 2.32. The zero-order valence-electron chi connectivity index (χ0n) is 7.75. The minimum Gasteiger partial charge on any atom is -0.404 e. The number of rotatable bonds is 2. The van der Waals surface area contributed by atoms with Gasteiger partial charge in [-0.05, 0) is 6.07 Å². The normalized spacial score (nSPS) is 10.3. The molecular weight excluding hydrogens is 223 g/mol. The van der Waals surface area contributed by atoms with Crippen molar-refractivity contribution in [2.75, 3.05) is 0 Å². The predicted octanol–water partition coefficient (Wildman–Crippen LogP) is 1.92. The molecule has 0 amide bonds. The van der Waals surface area contributed by atoms with Crippen LogP contribution in [0.15, 0.2) is 12.3 Å². The van der Waals surface area contributed by atoms with Crippen molar-refractivity contribution >= 4 is 0 Å². The second-order valence-electron chi connectivity index (χ2n) is 2.67. The Labute approximate surface area is 88.5 Å². The van der Waals surface area contributed by atoms with Gasteiger partial charge in [0.1, 0.15) is 11.8 Å². The zero-order chi connectivity index (χ0) is 12.2. The summed E-state index contributed by atoms with van der Waals surface area (Å²) in [4.78, 5) is 3.43. The highest BCUT2D eigenvalue weighted by atomic mass is 19.4. The summed E-state index contributed by atoms with van der Waals surface area (Å²) < 4.78 is 39.5. The van der Waals surface area contributed by atoms with Crippen LogP contribution in [0.5, 0.6) is 5.75 Å². The van der Waals surface area contributed by atoms with Gasteiger partial charge in [0.25, 0.3) is 0 Å². The number of halogens is 3. The Morgan fingerprint density at radius 3 is 2.56 bits per heavy atom. The maximum Gasteiger partial charge on any atom is 0.573 e. The van der Waals surface area contributed by atoms with E-state index < -0.39 is 12.1 Å². The Bertz CT molecular complexity index is 470. The molecule has 1 rings (SSSR count). The van der Waals surface area contributed by atoms with Gasteiger partial charge in [0.2, 0.25) is 0 Å². The molecule has 0 aromatic carbocycles. The fourth-order valence-electron chi connectivity index (χ4n) is 0.986. The lowest BCUT2D eigenvalue weighted by atomic mass is 10.1. The Hall–Kier alpha value is -2.28. The van der Waals surface area contributed by atoms with E-state index in [4.69, 9.17) is 10.5 Å². The summed E-state index contributed by atoms with van der Waals surface area (Å²) in [6, 6.07) is 4.42. The molecule has 1 heterocycles. The second-order valence-corrected chi connectivity index (χ2v) is 2.67. The van der Waals surface area contributed by atoms with Gasteiger partial charge in [-0.2, -0.15) is 10.5 Å². The summed E-state index contributed by atoms with van der Waals surface area (Å²) in [5, 5.41) is 16.9. The molecule has 0 aliphatic rings. The van der Waals surface area contributed by atoms with Crippen LogP contribution in [0.4, 0.5) is 13.2 Å². The van der Waals surface area contributed by atoms with Crippen LogP contribution in [0.3, 0.4) is 0 Å². The van der Waals surface area contributed by atoms with Gasteiger partial charge in [0.05, 0.1) is 18.7 Å². The summed E-state index contributed by atoms with van der Waals surface area (Å²) in [5.74, 6) is -0.562. The molecule has 0 N–H and O–H groups in total. The minimum atomic E-state index is -4.85. The zero-order valence-corrected chi connectivity index (χ0v) is 7.75. The van der Waals surface area contributed by atoms with E-state index in [9.17, 15) is 13.2 Å². The van der Waals surface area contributed by atoms with E-state index >= 15 is 0 Å². The van der Waals surface area contributed by atoms with E-state index in [1.807, 2.05) is 0 Å². The van der Waals surface area contributed by atoms with E-state index in [2.05, 4.69) is 9.72 Å². The van der Waals surface area contributed by atoms with Crippen molar-refractivity contribution in [2.24, 2.45) is 0 Å². The van der Waals surface area contributed by atoms with Gasteiger partial charge in [0, 0.05) is 5.56 Å². The maximum absolute atomic E-state index is 11.9. The first kappa shape index (κ1) is 11.8. The van der Waals surface area contributed by atoms with E-state index in [0.717, 1.165) is 12.3 Å². The molecule has 7 heteroatoms. The molecule has 0 aliphatic heterocycles. The number of pyridine rings is 1. The Kier molecular flexibility index (Phi) is 3.31. The van der Waals surface area contributed by atoms with Gasteiger partial charge in [-0.3, -0.25) is 0 Å². The molecule has 0 spiro atoms. The van der Waals surface area contributed by atoms with Gasteiger partial charge in [-0.15, -0.1) is 13.2 Å². The van der Waals surface area contributed by atoms with Crippen molar-refractivity contribution in [3.63, 3.8) is 0 Å². The number of hydrogen-bond donors (Lipinski definition) is 0. The lowest BCUT2D eigenvalue weighted by molar-refractivity contribution is -0.275. The molecule has 16 heavy (non-hydrogen) atoms. The summed E-state index contributed by atoms with van der Waals surface area (Å²) in [5.41, 5.74) is -0.0915. The first-order valence-electron chi connectivity index (χ1n) is 3.98. The first-order chi connectivity index (χ1) is 7.46. The molecule has 1 aromatic rings. The highest BCUT2D eigenvalue weighted by Crippen LogP contribution is 2.26. The summed E-state index contributed by atoms with van der Waals surface area (Å²) in [6.45, 7) is 0. The van der Waals surface area contributed by atoms with Crippen LogP contribution < -0.4 is 4.74 Å². The van der Waals surface area contributed by atoms with Gasteiger partial charge in [0.15, 0.2) is 5.75 Å². The molecule has 1 aromatic heterocycles. The third-order valence-electron chi connectivity index (χ3n) is 1.56. The lowest BCUT2D eigenvalue weighted by Gasteiger charge is -2.11. The van der Waals surface area contributed by atoms with Crippen LogP contribution in [0.2, 0.25) is 0 Å². The molecule has 0 bridgehead atoms. The molecular formula is C9H4F3N3O. The fraction of sp³-hybridized carbons (Fsp3) is 0.222. The fourth-order valence-corrected chi connectivity index (χ4v) is 0.986. The Morgan fingerprint density at radius 2 is 2.06 bits per heavy atom. The maximum atomic E-state index is 11.9. The molecule has 0 aliphatic carbocycles. The molecule has 0 radical (unpaired) electrons. The Balaban J connectivity index is 3.10. The first-order valence-corrected chi connectivity index (χ1v) is 3.98. The minimum absolute atomic E-state index is 0.0219. The van der Waals surface area contributed by atoms with Crippen LogP contribution in [0, 0.1) is 22.7 Å². The number of alkyl halides is 3. The van der Waals surface area contributed by atoms with Crippen molar-refractivity contribution in [2.45, 2.75) is 12.8 Å². The summed E-state index contributed by atoms with van der Waals surface area (Å²) in [6.07, 6.45) is -4.36. The lowest BCUT2D eigenvalue weighted by Crippen LogP contribution is -2.18. The monoisotopic (exact) mass is 227 g/mol. The third kappa shape index (κ3) is 3.14. The van der Waals surface area contributed by atoms with Gasteiger partial charge in [-0.1, -0.05) is 0 Å². The third-order valence-corrected chi connectivity index (χ3v) is 1.56. The van der Waals surface area contributed by atoms with E-state index in [1.165, 1.54) is 0 Å². The van der Waals surface area contributed by atoms with E-state index in [0.29, 0.717) is 0 Å². The van der Waals surface area contributed by atoms with Crippen molar-refractivity contribution in [3.05, 3.63) is 23.5 Å². The molecule has 0 saturated carbocycles. The molecule has 0 unspecified atom stereocenters. The second kappa shape index (κ2) is 4.49. The summed E-state index contributed by atoms with van der Waals surface area (Å²) in [7, 11) is 0. The SMILES string of the molecule is N#CCc1cc(C#N)ncc1OC(F)(F)F. The van der Waals surface area contributed by atoms with Crippen LogP contribution in [0.1, 0.15) is 11.3 Å². The molecule has 82 valence electrons. The van der Waals surface area contributed by atoms with Crippen LogP contribution in [-0.4, -0.2) is 11.3 Å². The number of ether oxygens (including phenoxy) is 1. The number of nitrogens with zero attached hydrogens (tertiary/aromatic N) is 3. The standard InChI is InChI=1S/C9H4F3N3O/c10-9(11,12)16-8-5-15-7(4-14)3-6(8)1-2-13/h3,5H,1H2. The molecule has 0 fully saturated rings. The smallest absolute Gasteiger partial charge is 0.404 e. The molecule has 0 atom stereocenters. The van der Waals surface area contributed by atoms with E-state index in [-0.39, 0.29) is 17.7 Å². The quantitative estimate of drug-likeness (QED) is 0.773. The van der Waals surface area contributed by atoms with Crippen LogP contribution >= 0.6 is 0 Å². The van der Waals surface area contributed by atoms with Gasteiger partial charge < -0.3 is 4.74 Å². The van der Waals surface area contributed by atoms with E-state index in [1.54, 1.807) is 12.1 Å². The summed E-state index contributed by atoms with van der Waals surface area (Å²) >= 11 is 0. The van der Waals surface area contributed by atoms with Crippen molar-refractivity contribution < 1.29 is 17.9 Å². The van der Waals surface area contributed by atoms with Crippen molar-refractivity contribution in [1.82, 2.24) is 4.98 Å². The van der Waals surface area contributed by atoms with Gasteiger partial charge >= 0.3 is 6.36 Å². The Morgan fingerprint density at radius 1 is 1.38 bits per heavy atom. The van der Waals surface area contributed by atoms with Crippen LogP contribution in [-0.2, 0) is 6.42 Å². The largest absolute Gasteiger partial charge is 0.573 e. The predicted molar refractivity (Wildman–Crippen MR) is 45.0 cm³/mol. The van der Waals surface area contributed by atoms with Crippen molar-refractivity contribution in [3.8, 4) is 17.9 Å². The molecule has 4 nitrogen and oxygen atoms in total. The average molecular weight is 227 g/mol. The number of nitriles is 2. The molecule has 0 saturated heterocycles. The highest BCUT2D eigenvalue weighted by molar-refractivity contribution is 5.38. The number of hydrogen-bond acceptors (Lipinski definition) is 4. The number of aromatic nitrogens is 1. The van der Waals surface area contributed by atoms with Gasteiger partial charge in [-0.25, -0.2) is 4.98 Å².